The lowest BCUT2D eigenvalue weighted by atomic mass is 10.1. The summed E-state index contributed by atoms with van der Waals surface area (Å²) in [4.78, 5) is 26.7. The van der Waals surface area contributed by atoms with E-state index in [4.69, 9.17) is 23.4 Å². The Morgan fingerprint density at radius 1 is 0.725 bits per heavy atom. The molecule has 0 aliphatic heterocycles. The third-order valence-electron chi connectivity index (χ3n) is 6.35. The predicted molar refractivity (Wildman–Crippen MR) is 153 cm³/mol. The van der Waals surface area contributed by atoms with E-state index < -0.39 is 5.97 Å². The molecular formula is C33H26O7. The molecule has 5 aromatic rings. The molecule has 0 spiro atoms. The molecule has 1 heterocycles. The lowest BCUT2D eigenvalue weighted by molar-refractivity contribution is 0.0736. The number of para-hydroxylation sites is 1. The van der Waals surface area contributed by atoms with E-state index in [0.29, 0.717) is 45.1 Å². The summed E-state index contributed by atoms with van der Waals surface area (Å²) in [6.45, 7) is 0. The van der Waals surface area contributed by atoms with Gasteiger partial charge in [0.25, 0.3) is 0 Å². The molecule has 0 aliphatic carbocycles. The van der Waals surface area contributed by atoms with Gasteiger partial charge in [0, 0.05) is 22.6 Å². The van der Waals surface area contributed by atoms with Gasteiger partial charge in [0.15, 0.2) is 5.78 Å². The topological polar surface area (TPSA) is 84.2 Å². The van der Waals surface area contributed by atoms with E-state index in [9.17, 15) is 9.59 Å². The number of hydrogen-bond acceptors (Lipinski definition) is 7. The third kappa shape index (κ3) is 5.31. The standard InChI is InChI=1S/C33H26O7/c1-36-23-15-18-29-26(19-23)31(32(39-29)22-10-5-4-6-11-22)33(35)40-28-12-8-7-9-21(28)13-17-27(34)25-16-14-24(37-2)20-30(25)38-3/h4-20H,1-3H3. The first kappa shape index (κ1) is 26.3. The Balaban J connectivity index is 1.48. The third-order valence-corrected chi connectivity index (χ3v) is 6.35. The van der Waals surface area contributed by atoms with Crippen molar-refractivity contribution < 1.29 is 33.0 Å². The summed E-state index contributed by atoms with van der Waals surface area (Å²) in [5.74, 6) is 1.35. The maximum absolute atomic E-state index is 13.7. The molecule has 4 aromatic carbocycles. The smallest absolute Gasteiger partial charge is 0.348 e. The van der Waals surface area contributed by atoms with Crippen LogP contribution in [0.3, 0.4) is 0 Å². The molecule has 7 nitrogen and oxygen atoms in total. The summed E-state index contributed by atoms with van der Waals surface area (Å²) in [7, 11) is 4.59. The Hall–Kier alpha value is -5.30. The van der Waals surface area contributed by atoms with E-state index in [0.717, 1.165) is 5.56 Å². The molecule has 0 amide bonds. The first-order chi connectivity index (χ1) is 19.5. The van der Waals surface area contributed by atoms with Gasteiger partial charge >= 0.3 is 5.97 Å². The highest BCUT2D eigenvalue weighted by molar-refractivity contribution is 6.10. The van der Waals surface area contributed by atoms with Gasteiger partial charge in [-0.05, 0) is 48.6 Å². The van der Waals surface area contributed by atoms with Crippen LogP contribution in [0.1, 0.15) is 26.3 Å². The molecule has 7 heteroatoms. The van der Waals surface area contributed by atoms with Crippen molar-refractivity contribution in [1.82, 2.24) is 0 Å². The molecule has 1 aromatic heterocycles. The molecule has 0 aliphatic rings. The molecule has 0 saturated heterocycles. The fourth-order valence-corrected chi connectivity index (χ4v) is 4.32. The second kappa shape index (κ2) is 11.6. The molecule has 0 bridgehead atoms. The van der Waals surface area contributed by atoms with Gasteiger partial charge in [0.1, 0.15) is 39.9 Å². The average molecular weight is 535 g/mol. The lowest BCUT2D eigenvalue weighted by Gasteiger charge is -2.09. The van der Waals surface area contributed by atoms with Gasteiger partial charge in [0.05, 0.1) is 26.9 Å². The number of furan rings is 1. The Morgan fingerprint density at radius 2 is 1.43 bits per heavy atom. The number of methoxy groups -OCH3 is 3. The Labute approximate surface area is 231 Å². The summed E-state index contributed by atoms with van der Waals surface area (Å²) >= 11 is 0. The highest BCUT2D eigenvalue weighted by Crippen LogP contribution is 2.36. The number of benzene rings is 4. The van der Waals surface area contributed by atoms with Crippen LogP contribution in [0.4, 0.5) is 0 Å². The summed E-state index contributed by atoms with van der Waals surface area (Å²) in [6.07, 6.45) is 3.01. The Morgan fingerprint density at radius 3 is 2.17 bits per heavy atom. The van der Waals surface area contributed by atoms with Crippen LogP contribution in [0.5, 0.6) is 23.0 Å². The van der Waals surface area contributed by atoms with E-state index in [2.05, 4.69) is 0 Å². The fraction of sp³-hybridized carbons (Fsp3) is 0.0909. The molecule has 40 heavy (non-hydrogen) atoms. The summed E-state index contributed by atoms with van der Waals surface area (Å²) in [5, 5.41) is 0.568. The SMILES string of the molecule is COc1ccc(C(=O)C=Cc2ccccc2OC(=O)c2c(-c3ccccc3)oc3ccc(OC)cc23)c(OC)c1. The van der Waals surface area contributed by atoms with Crippen molar-refractivity contribution >= 4 is 28.8 Å². The molecule has 0 radical (unpaired) electrons. The van der Waals surface area contributed by atoms with E-state index in [-0.39, 0.29) is 17.1 Å². The number of ether oxygens (including phenoxy) is 4. The molecule has 0 saturated carbocycles. The number of ketones is 1. The van der Waals surface area contributed by atoms with Gasteiger partial charge in [-0.1, -0.05) is 48.5 Å². The zero-order valence-electron chi connectivity index (χ0n) is 22.2. The maximum atomic E-state index is 13.7. The van der Waals surface area contributed by atoms with E-state index >= 15 is 0 Å². The van der Waals surface area contributed by atoms with Gasteiger partial charge in [-0.3, -0.25) is 4.79 Å². The van der Waals surface area contributed by atoms with Crippen molar-refractivity contribution in [1.29, 1.82) is 0 Å². The summed E-state index contributed by atoms with van der Waals surface area (Å²) in [5.41, 5.74) is 2.46. The monoisotopic (exact) mass is 534 g/mol. The molecule has 0 atom stereocenters. The zero-order chi connectivity index (χ0) is 28.1. The van der Waals surface area contributed by atoms with Crippen molar-refractivity contribution in [3.8, 4) is 34.3 Å². The molecule has 0 fully saturated rings. The van der Waals surface area contributed by atoms with Crippen LogP contribution in [-0.2, 0) is 0 Å². The van der Waals surface area contributed by atoms with Gasteiger partial charge in [-0.2, -0.15) is 0 Å². The van der Waals surface area contributed by atoms with Crippen molar-refractivity contribution in [2.45, 2.75) is 0 Å². The van der Waals surface area contributed by atoms with Crippen LogP contribution in [0.15, 0.2) is 101 Å². The first-order valence-electron chi connectivity index (χ1n) is 12.4. The summed E-state index contributed by atoms with van der Waals surface area (Å²) in [6, 6.07) is 26.6. The fourth-order valence-electron chi connectivity index (χ4n) is 4.32. The second-order valence-electron chi connectivity index (χ2n) is 8.73. The largest absolute Gasteiger partial charge is 0.497 e. The maximum Gasteiger partial charge on any atom is 0.348 e. The molecule has 200 valence electrons. The number of esters is 1. The molecular weight excluding hydrogens is 508 g/mol. The Kier molecular flexibility index (Phi) is 7.64. The number of carbonyl (C=O) groups excluding carboxylic acids is 2. The number of hydrogen-bond donors (Lipinski definition) is 0. The summed E-state index contributed by atoms with van der Waals surface area (Å²) < 4.78 is 28.0. The van der Waals surface area contributed by atoms with Crippen LogP contribution in [-0.4, -0.2) is 33.1 Å². The zero-order valence-corrected chi connectivity index (χ0v) is 22.2. The molecule has 5 rings (SSSR count). The Bertz CT molecular complexity index is 1710. The van der Waals surface area contributed by atoms with Crippen LogP contribution in [0, 0.1) is 0 Å². The highest BCUT2D eigenvalue weighted by atomic mass is 16.5. The van der Waals surface area contributed by atoms with Crippen LogP contribution < -0.4 is 18.9 Å². The van der Waals surface area contributed by atoms with Crippen molar-refractivity contribution in [2.24, 2.45) is 0 Å². The van der Waals surface area contributed by atoms with Gasteiger partial charge in [0.2, 0.25) is 0 Å². The van der Waals surface area contributed by atoms with E-state index in [1.807, 2.05) is 30.3 Å². The van der Waals surface area contributed by atoms with Crippen LogP contribution in [0.25, 0.3) is 28.4 Å². The van der Waals surface area contributed by atoms with E-state index in [1.165, 1.54) is 13.2 Å². The van der Waals surface area contributed by atoms with Gasteiger partial charge in [-0.15, -0.1) is 0 Å². The van der Waals surface area contributed by atoms with Crippen molar-refractivity contribution in [3.05, 3.63) is 114 Å². The second-order valence-corrected chi connectivity index (χ2v) is 8.73. The minimum absolute atomic E-state index is 0.276. The number of fused-ring (bicyclic) bond motifs is 1. The van der Waals surface area contributed by atoms with E-state index in [1.54, 1.807) is 81.0 Å². The van der Waals surface area contributed by atoms with Crippen LogP contribution >= 0.6 is 0 Å². The van der Waals surface area contributed by atoms with Gasteiger partial charge in [-0.25, -0.2) is 4.79 Å². The minimum Gasteiger partial charge on any atom is -0.497 e. The van der Waals surface area contributed by atoms with Crippen molar-refractivity contribution in [2.75, 3.05) is 21.3 Å². The highest BCUT2D eigenvalue weighted by Gasteiger charge is 2.25. The van der Waals surface area contributed by atoms with Crippen molar-refractivity contribution in [3.63, 3.8) is 0 Å². The molecule has 0 unspecified atom stereocenters. The first-order valence-corrected chi connectivity index (χ1v) is 12.4. The molecule has 0 N–H and O–H groups in total. The van der Waals surface area contributed by atoms with Gasteiger partial charge < -0.3 is 23.4 Å². The minimum atomic E-state index is -0.602. The average Bonchev–Trinajstić information content (AvgIpc) is 3.39. The number of allylic oxidation sites excluding steroid dienone is 1. The number of carbonyl (C=O) groups is 2. The quantitative estimate of drug-likeness (QED) is 0.0853. The lowest BCUT2D eigenvalue weighted by Crippen LogP contribution is -2.10. The normalized spacial score (nSPS) is 11.0. The van der Waals surface area contributed by atoms with Crippen LogP contribution in [0.2, 0.25) is 0 Å². The predicted octanol–water partition coefficient (Wildman–Crippen LogP) is 7.24. The number of rotatable bonds is 9.